The highest BCUT2D eigenvalue weighted by atomic mass is 32.2. The summed E-state index contributed by atoms with van der Waals surface area (Å²) in [6.45, 7) is 3.50. The van der Waals surface area contributed by atoms with Gasteiger partial charge in [-0.05, 0) is 6.42 Å². The van der Waals surface area contributed by atoms with Gasteiger partial charge in [0.1, 0.15) is 9.90 Å². The van der Waals surface area contributed by atoms with Gasteiger partial charge >= 0.3 is 0 Å². The second kappa shape index (κ2) is 5.94. The fourth-order valence-corrected chi connectivity index (χ4v) is 5.27. The molecule has 1 atom stereocenters. The average molecular weight is 332 g/mol. The monoisotopic (exact) mass is 332 g/mol. The minimum absolute atomic E-state index is 0.0835. The highest BCUT2D eigenvalue weighted by molar-refractivity contribution is 7.91. The molecule has 6 nitrogen and oxygen atoms in total. The van der Waals surface area contributed by atoms with Crippen LogP contribution in [0.3, 0.4) is 0 Å². The number of rotatable bonds is 5. The maximum atomic E-state index is 12.0. The van der Waals surface area contributed by atoms with Gasteiger partial charge in [0.25, 0.3) is 0 Å². The third-order valence-corrected chi connectivity index (χ3v) is 6.20. The second-order valence-corrected chi connectivity index (χ2v) is 8.32. The fraction of sp³-hybridized carbons (Fsp3) is 0.615. The van der Waals surface area contributed by atoms with E-state index in [0.29, 0.717) is 28.9 Å². The van der Waals surface area contributed by atoms with E-state index in [4.69, 9.17) is 10.5 Å². The van der Waals surface area contributed by atoms with Gasteiger partial charge in [-0.1, -0.05) is 0 Å². The Labute approximate surface area is 128 Å². The number of nitrogen functional groups attached to an aromatic ring is 1. The van der Waals surface area contributed by atoms with Gasteiger partial charge in [0.2, 0.25) is 0 Å². The number of carbonyl (C=O) groups is 1. The lowest BCUT2D eigenvalue weighted by Gasteiger charge is -2.18. The summed E-state index contributed by atoms with van der Waals surface area (Å²) in [5.74, 6) is 0.160. The first kappa shape index (κ1) is 16.3. The predicted octanol–water partition coefficient (Wildman–Crippen LogP) is 1.41. The van der Waals surface area contributed by atoms with Crippen molar-refractivity contribution >= 4 is 37.6 Å². The maximum Gasteiger partial charge on any atom is 0.180 e. The standard InChI is InChI=1S/C13H20N2O4S2/c1-8(16)11-10(14)12(21(3,17)18)13(20-11)15-5-4-9(6-15)7-19-2/h9H,4-7,14H2,1-3H3. The predicted molar refractivity (Wildman–Crippen MR) is 84.0 cm³/mol. The van der Waals surface area contributed by atoms with Gasteiger partial charge in [0.05, 0.1) is 17.2 Å². The lowest BCUT2D eigenvalue weighted by atomic mass is 10.1. The molecule has 118 valence electrons. The summed E-state index contributed by atoms with van der Waals surface area (Å²) in [6, 6.07) is 0. The van der Waals surface area contributed by atoms with Gasteiger partial charge in [-0.3, -0.25) is 4.79 Å². The molecule has 8 heteroatoms. The Bertz CT molecular complexity index is 651. The number of hydrogen-bond donors (Lipinski definition) is 1. The van der Waals surface area contributed by atoms with Crippen molar-refractivity contribution in [1.29, 1.82) is 0 Å². The minimum Gasteiger partial charge on any atom is -0.396 e. The van der Waals surface area contributed by atoms with Crippen LogP contribution < -0.4 is 10.6 Å². The third-order valence-electron chi connectivity index (χ3n) is 3.55. The number of methoxy groups -OCH3 is 1. The highest BCUT2D eigenvalue weighted by Gasteiger charge is 2.32. The van der Waals surface area contributed by atoms with Crippen molar-refractivity contribution in [3.63, 3.8) is 0 Å². The maximum absolute atomic E-state index is 12.0. The normalized spacial score (nSPS) is 19.2. The Morgan fingerprint density at radius 1 is 1.52 bits per heavy atom. The molecule has 1 aromatic heterocycles. The number of anilines is 2. The number of carbonyl (C=O) groups excluding carboxylic acids is 1. The molecule has 0 saturated carbocycles. The van der Waals surface area contributed by atoms with Crippen molar-refractivity contribution in [2.45, 2.75) is 18.2 Å². The Morgan fingerprint density at radius 2 is 2.19 bits per heavy atom. The summed E-state index contributed by atoms with van der Waals surface area (Å²) in [6.07, 6.45) is 2.06. The number of ketones is 1. The molecular weight excluding hydrogens is 312 g/mol. The fourth-order valence-electron chi connectivity index (χ4n) is 2.63. The van der Waals surface area contributed by atoms with Crippen LogP contribution in [0.2, 0.25) is 0 Å². The number of thiophene rings is 1. The summed E-state index contributed by atoms with van der Waals surface area (Å²) in [4.78, 5) is 14.0. The van der Waals surface area contributed by atoms with Crippen molar-refractivity contribution in [3.05, 3.63) is 4.88 Å². The molecule has 0 aromatic carbocycles. The van der Waals surface area contributed by atoms with E-state index in [2.05, 4.69) is 0 Å². The molecule has 2 heterocycles. The average Bonchev–Trinajstić information content (AvgIpc) is 2.92. The first-order chi connectivity index (χ1) is 9.75. The van der Waals surface area contributed by atoms with Crippen LogP contribution in [0.4, 0.5) is 10.7 Å². The minimum atomic E-state index is -3.48. The van der Waals surface area contributed by atoms with E-state index in [0.717, 1.165) is 19.2 Å². The Hall–Kier alpha value is -1.12. The first-order valence-corrected chi connectivity index (χ1v) is 9.33. The summed E-state index contributed by atoms with van der Waals surface area (Å²) in [5, 5.41) is 0.582. The number of Topliss-reactive ketones (excluding diaryl/α,β-unsaturated/α-hetero) is 1. The van der Waals surface area contributed by atoms with Crippen LogP contribution in [-0.2, 0) is 14.6 Å². The molecule has 0 amide bonds. The summed E-state index contributed by atoms with van der Waals surface area (Å²) >= 11 is 1.17. The number of hydrogen-bond acceptors (Lipinski definition) is 7. The number of sulfone groups is 1. The largest absolute Gasteiger partial charge is 0.396 e. The molecule has 0 radical (unpaired) electrons. The molecule has 1 saturated heterocycles. The van der Waals surface area contributed by atoms with Crippen LogP contribution >= 0.6 is 11.3 Å². The van der Waals surface area contributed by atoms with Gasteiger partial charge in [0, 0.05) is 39.3 Å². The van der Waals surface area contributed by atoms with E-state index < -0.39 is 9.84 Å². The lowest BCUT2D eigenvalue weighted by Crippen LogP contribution is -2.21. The van der Waals surface area contributed by atoms with Crippen molar-refractivity contribution in [3.8, 4) is 0 Å². The highest BCUT2D eigenvalue weighted by Crippen LogP contribution is 2.43. The Kier molecular flexibility index (Phi) is 4.60. The molecule has 0 spiro atoms. The molecule has 1 fully saturated rings. The van der Waals surface area contributed by atoms with Gasteiger partial charge in [-0.25, -0.2) is 8.42 Å². The molecule has 21 heavy (non-hydrogen) atoms. The SMILES string of the molecule is COCC1CCN(c2sc(C(C)=O)c(N)c2S(C)(=O)=O)C1. The smallest absolute Gasteiger partial charge is 0.180 e. The molecule has 2 rings (SSSR count). The van der Waals surface area contributed by atoms with Crippen LogP contribution in [0.15, 0.2) is 4.90 Å². The number of nitrogens with zero attached hydrogens (tertiary/aromatic N) is 1. The van der Waals surface area contributed by atoms with Crippen LogP contribution in [0.25, 0.3) is 0 Å². The van der Waals surface area contributed by atoms with E-state index in [1.165, 1.54) is 18.3 Å². The molecular formula is C13H20N2O4S2. The van der Waals surface area contributed by atoms with E-state index in [1.807, 2.05) is 4.90 Å². The van der Waals surface area contributed by atoms with E-state index in [-0.39, 0.29) is 16.4 Å². The summed E-state index contributed by atoms with van der Waals surface area (Å²) in [5.41, 5.74) is 5.99. The number of nitrogens with two attached hydrogens (primary N) is 1. The summed E-state index contributed by atoms with van der Waals surface area (Å²) < 4.78 is 29.2. The van der Waals surface area contributed by atoms with E-state index >= 15 is 0 Å². The van der Waals surface area contributed by atoms with Gasteiger partial charge < -0.3 is 15.4 Å². The molecule has 1 aliphatic heterocycles. The van der Waals surface area contributed by atoms with Gasteiger partial charge in [0.15, 0.2) is 15.6 Å². The lowest BCUT2D eigenvalue weighted by molar-refractivity contribution is 0.102. The van der Waals surface area contributed by atoms with E-state index in [1.54, 1.807) is 7.11 Å². The quantitative estimate of drug-likeness (QED) is 0.820. The van der Waals surface area contributed by atoms with Crippen LogP contribution in [0.1, 0.15) is 23.0 Å². The molecule has 1 unspecified atom stereocenters. The molecule has 2 N–H and O–H groups in total. The van der Waals surface area contributed by atoms with Crippen LogP contribution in [-0.4, -0.2) is 47.3 Å². The topological polar surface area (TPSA) is 89.7 Å². The van der Waals surface area contributed by atoms with Crippen molar-refractivity contribution in [1.82, 2.24) is 0 Å². The summed E-state index contributed by atoms with van der Waals surface area (Å²) in [7, 11) is -1.83. The first-order valence-electron chi connectivity index (χ1n) is 6.62. The van der Waals surface area contributed by atoms with Crippen molar-refractivity contribution < 1.29 is 17.9 Å². The van der Waals surface area contributed by atoms with Gasteiger partial charge in [-0.2, -0.15) is 0 Å². The molecule has 0 bridgehead atoms. The Morgan fingerprint density at radius 3 is 2.71 bits per heavy atom. The third kappa shape index (κ3) is 3.22. The number of ether oxygens (including phenoxy) is 1. The van der Waals surface area contributed by atoms with Gasteiger partial charge in [-0.15, -0.1) is 11.3 Å². The van der Waals surface area contributed by atoms with Crippen molar-refractivity contribution in [2.24, 2.45) is 5.92 Å². The molecule has 1 aromatic rings. The zero-order valence-electron chi connectivity index (χ0n) is 12.4. The molecule has 0 aliphatic carbocycles. The van der Waals surface area contributed by atoms with Crippen molar-refractivity contribution in [2.75, 3.05) is 43.7 Å². The Balaban J connectivity index is 2.44. The van der Waals surface area contributed by atoms with E-state index in [9.17, 15) is 13.2 Å². The van der Waals surface area contributed by atoms with Crippen LogP contribution in [0, 0.1) is 5.92 Å². The van der Waals surface area contributed by atoms with Crippen LogP contribution in [0.5, 0.6) is 0 Å². The second-order valence-electron chi connectivity index (χ2n) is 5.36. The zero-order chi connectivity index (χ0) is 15.8. The molecule has 1 aliphatic rings. The zero-order valence-corrected chi connectivity index (χ0v) is 14.0.